The van der Waals surface area contributed by atoms with Crippen LogP contribution >= 0.6 is 23.2 Å². The molecule has 1 fully saturated rings. The zero-order valence-electron chi connectivity index (χ0n) is 12.4. The molecule has 0 heterocycles. The van der Waals surface area contributed by atoms with Crippen molar-refractivity contribution in [3.63, 3.8) is 0 Å². The minimum Gasteiger partial charge on any atom is -0.351 e. The predicted octanol–water partition coefficient (Wildman–Crippen LogP) is 4.98. The van der Waals surface area contributed by atoms with Crippen molar-refractivity contribution in [2.24, 2.45) is 0 Å². The van der Waals surface area contributed by atoms with Gasteiger partial charge in [0.1, 0.15) is 5.82 Å². The minimum absolute atomic E-state index is 0.0334. The van der Waals surface area contributed by atoms with Crippen LogP contribution in [0.3, 0.4) is 0 Å². The Morgan fingerprint density at radius 3 is 2.43 bits per heavy atom. The molecule has 1 saturated carbocycles. The van der Waals surface area contributed by atoms with E-state index in [4.69, 9.17) is 23.2 Å². The lowest BCUT2D eigenvalue weighted by molar-refractivity contribution is 0.0927. The first-order valence-corrected chi connectivity index (χ1v) is 8.26. The molecule has 120 valence electrons. The van der Waals surface area contributed by atoms with Crippen LogP contribution in [0.25, 0.3) is 0 Å². The monoisotopic (exact) mass is 351 g/mol. The molecule has 3 rings (SSSR count). The van der Waals surface area contributed by atoms with E-state index in [9.17, 15) is 9.18 Å². The standard InChI is InChI=1S/C18H16Cl2FNO/c19-14-10-15(20)16(21)9-13(14)17(23)22-11-18(7-4-8-18)12-5-2-1-3-6-12/h1-3,5-6,9-10H,4,7-8,11H2,(H,22,23). The molecule has 0 unspecified atom stereocenters. The highest BCUT2D eigenvalue weighted by Crippen LogP contribution is 2.43. The SMILES string of the molecule is O=C(NCC1(c2ccccc2)CCC1)c1cc(F)c(Cl)cc1Cl. The van der Waals surface area contributed by atoms with Crippen molar-refractivity contribution in [2.45, 2.75) is 24.7 Å². The molecule has 1 aliphatic rings. The van der Waals surface area contributed by atoms with E-state index in [-0.39, 0.29) is 26.9 Å². The first kappa shape index (κ1) is 16.3. The quantitative estimate of drug-likeness (QED) is 0.772. The van der Waals surface area contributed by atoms with Gasteiger partial charge in [-0.3, -0.25) is 4.79 Å². The third-order valence-electron chi connectivity index (χ3n) is 4.54. The van der Waals surface area contributed by atoms with Gasteiger partial charge in [-0.15, -0.1) is 0 Å². The van der Waals surface area contributed by atoms with Gasteiger partial charge in [0.2, 0.25) is 0 Å². The zero-order valence-corrected chi connectivity index (χ0v) is 13.9. The van der Waals surface area contributed by atoms with Crippen LogP contribution < -0.4 is 5.32 Å². The van der Waals surface area contributed by atoms with Crippen LogP contribution in [0.15, 0.2) is 42.5 Å². The van der Waals surface area contributed by atoms with Crippen molar-refractivity contribution in [2.75, 3.05) is 6.54 Å². The Labute approximate surface area is 144 Å². The molecule has 2 aromatic carbocycles. The van der Waals surface area contributed by atoms with E-state index in [1.165, 1.54) is 11.6 Å². The third kappa shape index (κ3) is 3.22. The number of carbonyl (C=O) groups is 1. The molecule has 1 aliphatic carbocycles. The number of rotatable bonds is 4. The Bertz CT molecular complexity index is 729. The highest BCUT2D eigenvalue weighted by Gasteiger charge is 2.38. The van der Waals surface area contributed by atoms with Gasteiger partial charge in [-0.2, -0.15) is 0 Å². The molecule has 0 atom stereocenters. The molecule has 0 aromatic heterocycles. The summed E-state index contributed by atoms with van der Waals surface area (Å²) in [6.07, 6.45) is 3.20. The number of carbonyl (C=O) groups excluding carboxylic acids is 1. The van der Waals surface area contributed by atoms with E-state index in [0.717, 1.165) is 25.3 Å². The molecule has 0 bridgehead atoms. The molecule has 0 aliphatic heterocycles. The summed E-state index contributed by atoms with van der Waals surface area (Å²) in [5.41, 5.74) is 1.30. The van der Waals surface area contributed by atoms with Gasteiger partial charge in [0, 0.05) is 12.0 Å². The number of amides is 1. The molecule has 2 aromatic rings. The van der Waals surface area contributed by atoms with Gasteiger partial charge in [0.05, 0.1) is 15.6 Å². The Hall–Kier alpha value is -1.58. The van der Waals surface area contributed by atoms with Gasteiger partial charge in [0.25, 0.3) is 5.91 Å². The summed E-state index contributed by atoms with van der Waals surface area (Å²) < 4.78 is 13.6. The summed E-state index contributed by atoms with van der Waals surface area (Å²) in [6.45, 7) is 0.510. The van der Waals surface area contributed by atoms with Crippen LogP contribution in [0.4, 0.5) is 4.39 Å². The van der Waals surface area contributed by atoms with Crippen molar-refractivity contribution in [3.05, 3.63) is 69.5 Å². The highest BCUT2D eigenvalue weighted by atomic mass is 35.5. The lowest BCUT2D eigenvalue weighted by atomic mass is 9.64. The Morgan fingerprint density at radius 1 is 1.13 bits per heavy atom. The third-order valence-corrected chi connectivity index (χ3v) is 5.14. The smallest absolute Gasteiger partial charge is 0.252 e. The van der Waals surface area contributed by atoms with Crippen LogP contribution in [0.5, 0.6) is 0 Å². The van der Waals surface area contributed by atoms with E-state index in [0.29, 0.717) is 6.54 Å². The summed E-state index contributed by atoms with van der Waals surface area (Å²) in [5.74, 6) is -1.03. The first-order valence-electron chi connectivity index (χ1n) is 7.50. The largest absolute Gasteiger partial charge is 0.351 e. The molecular weight excluding hydrogens is 336 g/mol. The molecule has 1 amide bonds. The van der Waals surface area contributed by atoms with Crippen molar-refractivity contribution < 1.29 is 9.18 Å². The number of benzene rings is 2. The molecule has 0 radical (unpaired) electrons. The first-order chi connectivity index (χ1) is 11.0. The van der Waals surface area contributed by atoms with E-state index in [2.05, 4.69) is 17.4 Å². The summed E-state index contributed by atoms with van der Waals surface area (Å²) >= 11 is 11.7. The molecule has 1 N–H and O–H groups in total. The number of nitrogens with one attached hydrogen (secondary N) is 1. The van der Waals surface area contributed by atoms with Gasteiger partial charge in [-0.1, -0.05) is 60.0 Å². The lowest BCUT2D eigenvalue weighted by Crippen LogP contribution is -2.45. The van der Waals surface area contributed by atoms with Crippen LogP contribution in [0.2, 0.25) is 10.0 Å². The van der Waals surface area contributed by atoms with Crippen LogP contribution in [0.1, 0.15) is 35.2 Å². The highest BCUT2D eigenvalue weighted by molar-refractivity contribution is 6.36. The Morgan fingerprint density at radius 2 is 1.83 bits per heavy atom. The minimum atomic E-state index is -0.650. The fraction of sp³-hybridized carbons (Fsp3) is 0.278. The fourth-order valence-corrected chi connectivity index (χ4v) is 3.47. The van der Waals surface area contributed by atoms with Crippen molar-refractivity contribution in [3.8, 4) is 0 Å². The summed E-state index contributed by atoms with van der Waals surface area (Å²) in [6, 6.07) is 12.5. The normalized spacial score (nSPS) is 15.8. The maximum absolute atomic E-state index is 13.6. The average Bonchev–Trinajstić information content (AvgIpc) is 2.50. The Kier molecular flexibility index (Phi) is 4.60. The second-order valence-corrected chi connectivity index (χ2v) is 6.74. The topological polar surface area (TPSA) is 29.1 Å². The van der Waals surface area contributed by atoms with Crippen LogP contribution in [-0.2, 0) is 5.41 Å². The van der Waals surface area contributed by atoms with E-state index >= 15 is 0 Å². The van der Waals surface area contributed by atoms with Crippen molar-refractivity contribution in [1.29, 1.82) is 0 Å². The van der Waals surface area contributed by atoms with Gasteiger partial charge < -0.3 is 5.32 Å². The molecule has 0 spiro atoms. The van der Waals surface area contributed by atoms with Gasteiger partial charge in [-0.25, -0.2) is 4.39 Å². The predicted molar refractivity (Wildman–Crippen MR) is 90.7 cm³/mol. The second kappa shape index (κ2) is 6.50. The van der Waals surface area contributed by atoms with Crippen LogP contribution in [0, 0.1) is 5.82 Å². The number of hydrogen-bond donors (Lipinski definition) is 1. The van der Waals surface area contributed by atoms with Crippen molar-refractivity contribution in [1.82, 2.24) is 5.32 Å². The Balaban J connectivity index is 1.75. The number of halogens is 3. The number of hydrogen-bond acceptors (Lipinski definition) is 1. The molecule has 5 heteroatoms. The maximum atomic E-state index is 13.6. The van der Waals surface area contributed by atoms with Crippen LogP contribution in [-0.4, -0.2) is 12.5 Å². The molecule has 2 nitrogen and oxygen atoms in total. The van der Waals surface area contributed by atoms with Gasteiger partial charge in [0.15, 0.2) is 0 Å². The summed E-state index contributed by atoms with van der Waals surface area (Å²) in [7, 11) is 0. The summed E-state index contributed by atoms with van der Waals surface area (Å²) in [5, 5.41) is 2.95. The van der Waals surface area contributed by atoms with Gasteiger partial charge >= 0.3 is 0 Å². The molecule has 23 heavy (non-hydrogen) atoms. The zero-order chi connectivity index (χ0) is 16.4. The second-order valence-electron chi connectivity index (χ2n) is 5.93. The van der Waals surface area contributed by atoms with E-state index in [1.54, 1.807) is 0 Å². The lowest BCUT2D eigenvalue weighted by Gasteiger charge is -2.42. The average molecular weight is 352 g/mol. The molecular formula is C18H16Cl2FNO. The van der Waals surface area contributed by atoms with Crippen molar-refractivity contribution >= 4 is 29.1 Å². The maximum Gasteiger partial charge on any atom is 0.252 e. The van der Waals surface area contributed by atoms with Gasteiger partial charge in [-0.05, 0) is 30.5 Å². The fourth-order valence-electron chi connectivity index (χ4n) is 3.00. The van der Waals surface area contributed by atoms with E-state index < -0.39 is 5.82 Å². The van der Waals surface area contributed by atoms with E-state index in [1.807, 2.05) is 18.2 Å². The summed E-state index contributed by atoms with van der Waals surface area (Å²) in [4.78, 5) is 12.3. The molecule has 0 saturated heterocycles.